The van der Waals surface area contributed by atoms with Gasteiger partial charge in [0.2, 0.25) is 0 Å². The van der Waals surface area contributed by atoms with E-state index >= 15 is 0 Å². The summed E-state index contributed by atoms with van der Waals surface area (Å²) in [5, 5.41) is 0. The molecule has 0 aromatic heterocycles. The van der Waals surface area contributed by atoms with Crippen LogP contribution in [0.5, 0.6) is 0 Å². The van der Waals surface area contributed by atoms with Crippen molar-refractivity contribution >= 4 is 56.0 Å². The predicted octanol–water partition coefficient (Wildman–Crippen LogP) is 4.53. The maximum absolute atomic E-state index is 12.6. The van der Waals surface area contributed by atoms with Gasteiger partial charge in [-0.2, -0.15) is 0 Å². The molecule has 1 saturated heterocycles. The molecule has 0 saturated carbocycles. The smallest absolute Gasteiger partial charge is 0.255 e. The molecule has 0 bridgehead atoms. The number of halogens is 3. The molecule has 1 amide bonds. The lowest BCUT2D eigenvalue weighted by molar-refractivity contribution is 0.0670. The molecule has 0 N–H and O–H groups in total. The highest BCUT2D eigenvalue weighted by molar-refractivity contribution is 14.1. The first-order valence-electron chi connectivity index (χ1n) is 6.42. The second-order valence-corrected chi connectivity index (χ2v) is 7.34. The summed E-state index contributed by atoms with van der Waals surface area (Å²) < 4.78 is 1.95. The maximum atomic E-state index is 12.6. The number of carbonyl (C=O) groups excluding carboxylic acids is 1. The molecule has 1 heterocycles. The van der Waals surface area contributed by atoms with Gasteiger partial charge in [0, 0.05) is 27.0 Å². The van der Waals surface area contributed by atoms with Crippen LogP contribution in [0.3, 0.4) is 0 Å². The van der Waals surface area contributed by atoms with Crippen molar-refractivity contribution in [1.82, 2.24) is 4.90 Å². The van der Waals surface area contributed by atoms with Crippen LogP contribution < -0.4 is 0 Å². The minimum absolute atomic E-state index is 0.129. The Morgan fingerprint density at radius 2 is 2.32 bits per heavy atom. The third kappa shape index (κ3) is 4.08. The van der Waals surface area contributed by atoms with Crippen molar-refractivity contribution in [3.05, 3.63) is 31.8 Å². The van der Waals surface area contributed by atoms with Gasteiger partial charge in [-0.1, -0.05) is 0 Å². The molecule has 1 aromatic carbocycles. The van der Waals surface area contributed by atoms with Crippen molar-refractivity contribution in [2.75, 3.05) is 19.0 Å². The van der Waals surface area contributed by atoms with Gasteiger partial charge in [0.15, 0.2) is 0 Å². The zero-order valence-corrected chi connectivity index (χ0v) is 15.0. The van der Waals surface area contributed by atoms with Crippen molar-refractivity contribution in [2.45, 2.75) is 19.3 Å². The van der Waals surface area contributed by atoms with Gasteiger partial charge in [0.05, 0.1) is 5.56 Å². The molecular formula is C14H16BrClINO. The Bertz CT molecular complexity index is 467. The van der Waals surface area contributed by atoms with E-state index in [1.807, 2.05) is 23.1 Å². The van der Waals surface area contributed by atoms with E-state index in [1.165, 1.54) is 6.42 Å². The van der Waals surface area contributed by atoms with Gasteiger partial charge in [-0.25, -0.2) is 0 Å². The standard InChI is InChI=1S/C14H16BrClINO/c15-13-4-3-11(17)8-12(13)14(19)18-7-1-2-10(9-18)5-6-16/h3-4,8,10H,1-2,5-7,9H2. The summed E-state index contributed by atoms with van der Waals surface area (Å²) in [6.07, 6.45) is 3.26. The minimum Gasteiger partial charge on any atom is -0.338 e. The van der Waals surface area contributed by atoms with Crippen LogP contribution in [0.25, 0.3) is 0 Å². The van der Waals surface area contributed by atoms with E-state index in [0.717, 1.165) is 39.5 Å². The first-order chi connectivity index (χ1) is 9.11. The van der Waals surface area contributed by atoms with Gasteiger partial charge in [-0.15, -0.1) is 11.6 Å². The Balaban J connectivity index is 2.12. The Kier molecular flexibility index (Phi) is 5.96. The second-order valence-electron chi connectivity index (χ2n) is 4.86. The third-order valence-electron chi connectivity index (χ3n) is 3.48. The lowest BCUT2D eigenvalue weighted by atomic mass is 9.95. The van der Waals surface area contributed by atoms with E-state index in [4.69, 9.17) is 11.6 Å². The van der Waals surface area contributed by atoms with Gasteiger partial charge in [0.25, 0.3) is 5.91 Å². The summed E-state index contributed by atoms with van der Waals surface area (Å²) in [6.45, 7) is 1.69. The van der Waals surface area contributed by atoms with Crippen LogP contribution in [-0.4, -0.2) is 29.8 Å². The number of carbonyl (C=O) groups is 1. The van der Waals surface area contributed by atoms with Crippen molar-refractivity contribution in [2.24, 2.45) is 5.92 Å². The van der Waals surface area contributed by atoms with Crippen LogP contribution in [-0.2, 0) is 0 Å². The van der Waals surface area contributed by atoms with Crippen LogP contribution in [0, 0.1) is 9.49 Å². The molecule has 0 radical (unpaired) electrons. The zero-order valence-electron chi connectivity index (χ0n) is 10.5. The fourth-order valence-corrected chi connectivity index (χ4v) is 3.69. The Morgan fingerprint density at radius 3 is 3.05 bits per heavy atom. The fourth-order valence-electron chi connectivity index (χ4n) is 2.47. The van der Waals surface area contributed by atoms with Gasteiger partial charge < -0.3 is 4.90 Å². The molecule has 1 aliphatic heterocycles. The summed E-state index contributed by atoms with van der Waals surface area (Å²) in [5.74, 6) is 1.36. The van der Waals surface area contributed by atoms with Crippen LogP contribution in [0.1, 0.15) is 29.6 Å². The number of rotatable bonds is 3. The summed E-state index contributed by atoms with van der Waals surface area (Å²) in [7, 11) is 0. The Labute approximate surface area is 141 Å². The van der Waals surface area contributed by atoms with Crippen molar-refractivity contribution in [3.8, 4) is 0 Å². The van der Waals surface area contributed by atoms with E-state index in [9.17, 15) is 4.79 Å². The first kappa shape index (κ1) is 15.6. The summed E-state index contributed by atoms with van der Waals surface area (Å²) >= 11 is 11.5. The van der Waals surface area contributed by atoms with Crippen molar-refractivity contribution < 1.29 is 4.79 Å². The van der Waals surface area contributed by atoms with Gasteiger partial charge >= 0.3 is 0 Å². The molecule has 19 heavy (non-hydrogen) atoms. The molecule has 2 rings (SSSR count). The number of hydrogen-bond acceptors (Lipinski definition) is 1. The van der Waals surface area contributed by atoms with Crippen LogP contribution >= 0.6 is 50.1 Å². The molecule has 1 aliphatic rings. The molecule has 1 aromatic rings. The number of likely N-dealkylation sites (tertiary alicyclic amines) is 1. The SMILES string of the molecule is O=C(c1cc(I)ccc1Br)N1CCCC(CCCl)C1. The number of nitrogens with zero attached hydrogens (tertiary/aromatic N) is 1. The lowest BCUT2D eigenvalue weighted by Gasteiger charge is -2.32. The van der Waals surface area contributed by atoms with Gasteiger partial charge in [-0.3, -0.25) is 4.79 Å². The number of amides is 1. The normalized spacial score (nSPS) is 19.5. The van der Waals surface area contributed by atoms with Crippen molar-refractivity contribution in [3.63, 3.8) is 0 Å². The maximum Gasteiger partial charge on any atom is 0.255 e. The third-order valence-corrected chi connectivity index (χ3v) is 5.06. The Morgan fingerprint density at radius 1 is 1.53 bits per heavy atom. The number of alkyl halides is 1. The fraction of sp³-hybridized carbons (Fsp3) is 0.500. The summed E-state index contributed by atoms with van der Waals surface area (Å²) in [6, 6.07) is 5.88. The number of benzene rings is 1. The average molecular weight is 457 g/mol. The van der Waals surface area contributed by atoms with Gasteiger partial charge in [0.1, 0.15) is 0 Å². The Hall–Kier alpha value is 0.190. The molecule has 1 unspecified atom stereocenters. The van der Waals surface area contributed by atoms with Crippen LogP contribution in [0.4, 0.5) is 0 Å². The van der Waals surface area contributed by atoms with Gasteiger partial charge in [-0.05, 0) is 81.9 Å². The zero-order chi connectivity index (χ0) is 13.8. The van der Waals surface area contributed by atoms with E-state index in [-0.39, 0.29) is 5.91 Å². The number of hydrogen-bond donors (Lipinski definition) is 0. The molecule has 5 heteroatoms. The lowest BCUT2D eigenvalue weighted by Crippen LogP contribution is -2.40. The van der Waals surface area contributed by atoms with E-state index in [0.29, 0.717) is 11.8 Å². The van der Waals surface area contributed by atoms with E-state index in [2.05, 4.69) is 38.5 Å². The minimum atomic E-state index is 0.129. The first-order valence-corrected chi connectivity index (χ1v) is 8.82. The van der Waals surface area contributed by atoms with Crippen molar-refractivity contribution in [1.29, 1.82) is 0 Å². The summed E-state index contributed by atoms with van der Waals surface area (Å²) in [5.41, 5.74) is 0.762. The highest BCUT2D eigenvalue weighted by atomic mass is 127. The second kappa shape index (κ2) is 7.27. The average Bonchev–Trinajstić information content (AvgIpc) is 2.41. The largest absolute Gasteiger partial charge is 0.338 e. The van der Waals surface area contributed by atoms with Crippen LogP contribution in [0.15, 0.2) is 22.7 Å². The quantitative estimate of drug-likeness (QED) is 0.483. The van der Waals surface area contributed by atoms with E-state index < -0.39 is 0 Å². The molecule has 1 fully saturated rings. The predicted molar refractivity (Wildman–Crippen MR) is 90.8 cm³/mol. The molecule has 104 valence electrons. The topological polar surface area (TPSA) is 20.3 Å². The number of piperidine rings is 1. The van der Waals surface area contributed by atoms with E-state index in [1.54, 1.807) is 0 Å². The highest BCUT2D eigenvalue weighted by Crippen LogP contribution is 2.25. The molecule has 1 atom stereocenters. The molecular weight excluding hydrogens is 440 g/mol. The monoisotopic (exact) mass is 455 g/mol. The molecule has 0 spiro atoms. The molecule has 0 aliphatic carbocycles. The summed E-state index contributed by atoms with van der Waals surface area (Å²) in [4.78, 5) is 14.6. The highest BCUT2D eigenvalue weighted by Gasteiger charge is 2.25. The van der Waals surface area contributed by atoms with Crippen LogP contribution in [0.2, 0.25) is 0 Å². The molecule has 2 nitrogen and oxygen atoms in total.